The smallest absolute Gasteiger partial charge is 0.290 e. The van der Waals surface area contributed by atoms with Crippen molar-refractivity contribution in [1.82, 2.24) is 9.80 Å². The number of piperazine rings is 1. The van der Waals surface area contributed by atoms with E-state index >= 15 is 0 Å². The minimum atomic E-state index is -0.711. The molecule has 0 aromatic heterocycles. The van der Waals surface area contributed by atoms with Crippen LogP contribution in [-0.4, -0.2) is 52.3 Å². The second-order valence-electron chi connectivity index (χ2n) is 5.26. The van der Waals surface area contributed by atoms with E-state index in [9.17, 15) is 18.4 Å². The maximum absolute atomic E-state index is 13.7. The molecule has 1 saturated heterocycles. The highest BCUT2D eigenvalue weighted by atomic mass is 19.1. The number of hydrogen-bond donors (Lipinski definition) is 1. The van der Waals surface area contributed by atoms with E-state index in [4.69, 9.17) is 9.90 Å². The van der Waals surface area contributed by atoms with Crippen LogP contribution in [0.2, 0.25) is 0 Å². The summed E-state index contributed by atoms with van der Waals surface area (Å²) < 4.78 is 27.4. The van der Waals surface area contributed by atoms with Crippen LogP contribution in [0.3, 0.4) is 0 Å². The summed E-state index contributed by atoms with van der Waals surface area (Å²) in [5.74, 6) is -1.90. The van der Waals surface area contributed by atoms with Crippen molar-refractivity contribution >= 4 is 18.3 Å². The van der Waals surface area contributed by atoms with Crippen LogP contribution in [0.5, 0.6) is 0 Å². The van der Waals surface area contributed by atoms with Crippen LogP contribution in [-0.2, 0) is 20.9 Å². The SMILES string of the molecule is CCCN1CC(=O)N(Cc2c(F)cccc2F)[C@H](C)C1=O.O=CO. The number of hydrogen-bond acceptors (Lipinski definition) is 3. The van der Waals surface area contributed by atoms with Gasteiger partial charge >= 0.3 is 0 Å². The van der Waals surface area contributed by atoms with E-state index in [1.54, 1.807) is 6.92 Å². The Balaban J connectivity index is 0.000000891. The van der Waals surface area contributed by atoms with Crippen molar-refractivity contribution < 1.29 is 28.3 Å². The first-order valence-electron chi connectivity index (χ1n) is 7.46. The zero-order valence-electron chi connectivity index (χ0n) is 13.5. The van der Waals surface area contributed by atoms with E-state index in [2.05, 4.69) is 0 Å². The van der Waals surface area contributed by atoms with Gasteiger partial charge in [-0.2, -0.15) is 0 Å². The lowest BCUT2D eigenvalue weighted by atomic mass is 10.1. The van der Waals surface area contributed by atoms with Crippen molar-refractivity contribution in [2.45, 2.75) is 32.9 Å². The molecule has 2 rings (SSSR count). The Bertz CT molecular complexity index is 589. The van der Waals surface area contributed by atoms with Crippen LogP contribution in [0.1, 0.15) is 25.8 Å². The summed E-state index contributed by atoms with van der Waals surface area (Å²) in [5, 5.41) is 6.89. The summed E-state index contributed by atoms with van der Waals surface area (Å²) in [6, 6.07) is 2.84. The van der Waals surface area contributed by atoms with Gasteiger partial charge in [0.15, 0.2) is 0 Å². The predicted octanol–water partition coefficient (Wildman–Crippen LogP) is 1.63. The normalized spacial score (nSPS) is 17.4. The Labute approximate surface area is 138 Å². The fourth-order valence-electron chi connectivity index (χ4n) is 2.48. The highest BCUT2D eigenvalue weighted by molar-refractivity contribution is 5.94. The molecule has 0 unspecified atom stereocenters. The molecule has 2 amide bonds. The second kappa shape index (κ2) is 8.95. The highest BCUT2D eigenvalue weighted by Crippen LogP contribution is 2.20. The zero-order valence-corrected chi connectivity index (χ0v) is 13.5. The maximum atomic E-state index is 13.7. The fourth-order valence-corrected chi connectivity index (χ4v) is 2.48. The Morgan fingerprint density at radius 2 is 1.83 bits per heavy atom. The van der Waals surface area contributed by atoms with Crippen molar-refractivity contribution in [3.8, 4) is 0 Å². The molecule has 6 nitrogen and oxygen atoms in total. The molecule has 24 heavy (non-hydrogen) atoms. The molecule has 1 aromatic carbocycles. The lowest BCUT2D eigenvalue weighted by Gasteiger charge is -2.38. The van der Waals surface area contributed by atoms with Crippen molar-refractivity contribution in [2.75, 3.05) is 13.1 Å². The number of benzene rings is 1. The van der Waals surface area contributed by atoms with Crippen molar-refractivity contribution in [3.05, 3.63) is 35.4 Å². The minimum absolute atomic E-state index is 0.0346. The van der Waals surface area contributed by atoms with Crippen LogP contribution in [0.15, 0.2) is 18.2 Å². The van der Waals surface area contributed by atoms with Gasteiger partial charge in [0.05, 0.1) is 13.1 Å². The molecular formula is C16H20F2N2O4. The average molecular weight is 342 g/mol. The van der Waals surface area contributed by atoms with E-state index in [-0.39, 0.29) is 36.9 Å². The maximum Gasteiger partial charge on any atom is 0.290 e. The quantitative estimate of drug-likeness (QED) is 0.844. The van der Waals surface area contributed by atoms with Crippen molar-refractivity contribution in [1.29, 1.82) is 0 Å². The molecule has 0 radical (unpaired) electrons. The largest absolute Gasteiger partial charge is 0.483 e. The summed E-state index contributed by atoms with van der Waals surface area (Å²) in [4.78, 5) is 35.4. The third-order valence-corrected chi connectivity index (χ3v) is 3.67. The molecule has 1 aliphatic rings. The van der Waals surface area contributed by atoms with Gasteiger partial charge in [-0.05, 0) is 25.5 Å². The zero-order chi connectivity index (χ0) is 18.3. The first-order valence-corrected chi connectivity index (χ1v) is 7.46. The number of carbonyl (C=O) groups excluding carboxylic acids is 2. The minimum Gasteiger partial charge on any atom is -0.483 e. The van der Waals surface area contributed by atoms with E-state index in [1.807, 2.05) is 6.92 Å². The molecule has 0 bridgehead atoms. The van der Waals surface area contributed by atoms with Gasteiger partial charge in [0, 0.05) is 12.1 Å². The average Bonchev–Trinajstić information content (AvgIpc) is 2.52. The first-order chi connectivity index (χ1) is 11.4. The summed E-state index contributed by atoms with van der Waals surface area (Å²) >= 11 is 0. The van der Waals surface area contributed by atoms with Gasteiger partial charge in [-0.1, -0.05) is 13.0 Å². The van der Waals surface area contributed by atoms with Gasteiger partial charge < -0.3 is 14.9 Å². The number of carboxylic acid groups (broad SMARTS) is 1. The molecule has 1 heterocycles. The molecule has 0 saturated carbocycles. The van der Waals surface area contributed by atoms with Crippen molar-refractivity contribution in [2.24, 2.45) is 0 Å². The summed E-state index contributed by atoms with van der Waals surface area (Å²) in [5.41, 5.74) is -0.186. The Kier molecular flexibility index (Phi) is 7.29. The van der Waals surface area contributed by atoms with Crippen LogP contribution in [0.25, 0.3) is 0 Å². The molecular weight excluding hydrogens is 322 g/mol. The van der Waals surface area contributed by atoms with Crippen LogP contribution < -0.4 is 0 Å². The van der Waals surface area contributed by atoms with Gasteiger partial charge in [-0.15, -0.1) is 0 Å². The first kappa shape index (κ1) is 19.5. The summed E-state index contributed by atoms with van der Waals surface area (Å²) in [6.07, 6.45) is 0.758. The van der Waals surface area contributed by atoms with E-state index < -0.39 is 17.7 Å². The Morgan fingerprint density at radius 1 is 1.29 bits per heavy atom. The van der Waals surface area contributed by atoms with E-state index in [0.29, 0.717) is 6.54 Å². The van der Waals surface area contributed by atoms with Gasteiger partial charge in [-0.3, -0.25) is 14.4 Å². The lowest BCUT2D eigenvalue weighted by molar-refractivity contribution is -0.155. The van der Waals surface area contributed by atoms with Gasteiger partial charge in [-0.25, -0.2) is 8.78 Å². The lowest BCUT2D eigenvalue weighted by Crippen LogP contribution is -2.58. The number of carbonyl (C=O) groups is 3. The second-order valence-corrected chi connectivity index (χ2v) is 5.26. The van der Waals surface area contributed by atoms with E-state index in [0.717, 1.165) is 18.6 Å². The van der Waals surface area contributed by atoms with E-state index in [1.165, 1.54) is 15.9 Å². The van der Waals surface area contributed by atoms with Crippen LogP contribution in [0.4, 0.5) is 8.78 Å². The van der Waals surface area contributed by atoms with Gasteiger partial charge in [0.2, 0.25) is 11.8 Å². The van der Waals surface area contributed by atoms with Crippen LogP contribution in [0, 0.1) is 11.6 Å². The molecule has 1 N–H and O–H groups in total. The molecule has 1 aliphatic heterocycles. The topological polar surface area (TPSA) is 77.9 Å². The van der Waals surface area contributed by atoms with Gasteiger partial charge in [0.1, 0.15) is 17.7 Å². The fraction of sp³-hybridized carbons (Fsp3) is 0.438. The molecule has 0 spiro atoms. The number of rotatable bonds is 4. The molecule has 1 fully saturated rings. The third kappa shape index (κ3) is 4.50. The Hall–Kier alpha value is -2.51. The highest BCUT2D eigenvalue weighted by Gasteiger charge is 2.36. The van der Waals surface area contributed by atoms with Crippen molar-refractivity contribution in [3.63, 3.8) is 0 Å². The number of amides is 2. The van der Waals surface area contributed by atoms with Gasteiger partial charge in [0.25, 0.3) is 6.47 Å². The predicted molar refractivity (Wildman–Crippen MR) is 81.9 cm³/mol. The standard InChI is InChI=1S/C15H18F2N2O2.CH2O2/c1-3-7-18-9-14(20)19(10(2)15(18)21)8-11-12(16)5-4-6-13(11)17;2-1-3/h4-6,10H,3,7-9H2,1-2H3;1H,(H,2,3)/t10-;/m1./s1. The molecule has 132 valence electrons. The third-order valence-electron chi connectivity index (χ3n) is 3.67. The number of halogens is 2. The number of nitrogens with zero attached hydrogens (tertiary/aromatic N) is 2. The Morgan fingerprint density at radius 3 is 2.33 bits per heavy atom. The summed E-state index contributed by atoms with van der Waals surface area (Å²) in [6.45, 7) is 3.50. The molecule has 1 atom stereocenters. The molecule has 8 heteroatoms. The monoisotopic (exact) mass is 342 g/mol. The summed E-state index contributed by atoms with van der Waals surface area (Å²) in [7, 11) is 0. The van der Waals surface area contributed by atoms with Crippen LogP contribution >= 0.6 is 0 Å². The molecule has 1 aromatic rings. The molecule has 0 aliphatic carbocycles.